The zero-order valence-electron chi connectivity index (χ0n) is 16.2. The summed E-state index contributed by atoms with van der Waals surface area (Å²) in [5, 5.41) is 15.6. The number of benzene rings is 1. The Bertz CT molecular complexity index is 899. The third-order valence-electron chi connectivity index (χ3n) is 4.49. The second kappa shape index (κ2) is 7.80. The second-order valence-electron chi connectivity index (χ2n) is 7.81. The lowest BCUT2D eigenvalue weighted by Gasteiger charge is -2.16. The van der Waals surface area contributed by atoms with Crippen LogP contribution in [0.1, 0.15) is 38.6 Å². The van der Waals surface area contributed by atoms with E-state index in [0.717, 1.165) is 5.56 Å². The molecule has 3 N–H and O–H groups in total. The maximum atomic E-state index is 12.5. The van der Waals surface area contributed by atoms with E-state index in [1.165, 1.54) is 12.4 Å². The monoisotopic (exact) mass is 380 g/mol. The van der Waals surface area contributed by atoms with Gasteiger partial charge < -0.3 is 15.7 Å². The summed E-state index contributed by atoms with van der Waals surface area (Å²) in [5.41, 5.74) is 0.982. The lowest BCUT2D eigenvalue weighted by molar-refractivity contribution is -0.120. The SMILES string of the molecule is CC(C)(C)c1ncc(NC(=O)C2=C(O)C(CCc3ccccc3)NC2=O)cn1. The van der Waals surface area contributed by atoms with Gasteiger partial charge in [0, 0.05) is 5.41 Å². The van der Waals surface area contributed by atoms with Crippen molar-refractivity contribution in [1.82, 2.24) is 15.3 Å². The summed E-state index contributed by atoms with van der Waals surface area (Å²) < 4.78 is 0. The molecule has 2 heterocycles. The van der Waals surface area contributed by atoms with Gasteiger partial charge in [0.05, 0.1) is 24.1 Å². The van der Waals surface area contributed by atoms with E-state index in [9.17, 15) is 14.7 Å². The van der Waals surface area contributed by atoms with Crippen molar-refractivity contribution in [2.24, 2.45) is 0 Å². The van der Waals surface area contributed by atoms with E-state index >= 15 is 0 Å². The molecule has 0 saturated heterocycles. The molecule has 0 radical (unpaired) electrons. The molecule has 1 aliphatic heterocycles. The molecule has 1 aliphatic rings. The molecule has 1 atom stereocenters. The number of rotatable bonds is 5. The molecule has 3 rings (SSSR count). The number of carbonyl (C=O) groups is 2. The number of nitrogens with zero attached hydrogens (tertiary/aromatic N) is 2. The Morgan fingerprint density at radius 3 is 2.43 bits per heavy atom. The number of hydrogen-bond acceptors (Lipinski definition) is 5. The minimum Gasteiger partial charge on any atom is -0.509 e. The fourth-order valence-corrected chi connectivity index (χ4v) is 2.95. The number of aryl methyl sites for hydroxylation is 1. The summed E-state index contributed by atoms with van der Waals surface area (Å²) in [7, 11) is 0. The first-order valence-corrected chi connectivity index (χ1v) is 9.17. The van der Waals surface area contributed by atoms with Crippen molar-refractivity contribution >= 4 is 17.5 Å². The van der Waals surface area contributed by atoms with Crippen LogP contribution in [0, 0.1) is 0 Å². The van der Waals surface area contributed by atoms with Crippen molar-refractivity contribution in [3.05, 3.63) is 65.4 Å². The lowest BCUT2D eigenvalue weighted by Crippen LogP contribution is -2.30. The minimum absolute atomic E-state index is 0.208. The maximum absolute atomic E-state index is 12.5. The first-order valence-electron chi connectivity index (χ1n) is 9.17. The van der Waals surface area contributed by atoms with E-state index in [0.29, 0.717) is 24.4 Å². The van der Waals surface area contributed by atoms with Crippen LogP contribution in [0.3, 0.4) is 0 Å². The van der Waals surface area contributed by atoms with Crippen molar-refractivity contribution in [3.8, 4) is 0 Å². The summed E-state index contributed by atoms with van der Waals surface area (Å²) in [4.78, 5) is 33.2. The van der Waals surface area contributed by atoms with E-state index in [4.69, 9.17) is 0 Å². The minimum atomic E-state index is -0.677. The van der Waals surface area contributed by atoms with Gasteiger partial charge in [-0.3, -0.25) is 9.59 Å². The molecule has 0 saturated carbocycles. The van der Waals surface area contributed by atoms with Gasteiger partial charge in [-0.2, -0.15) is 0 Å². The lowest BCUT2D eigenvalue weighted by atomic mass is 9.96. The average molecular weight is 380 g/mol. The first kappa shape index (κ1) is 19.5. The second-order valence-corrected chi connectivity index (χ2v) is 7.81. The Morgan fingerprint density at radius 2 is 1.82 bits per heavy atom. The number of aromatic nitrogens is 2. The van der Waals surface area contributed by atoms with Crippen molar-refractivity contribution in [1.29, 1.82) is 0 Å². The van der Waals surface area contributed by atoms with E-state index < -0.39 is 17.9 Å². The van der Waals surface area contributed by atoms with Gasteiger partial charge in [0.15, 0.2) is 0 Å². The summed E-state index contributed by atoms with van der Waals surface area (Å²) in [5.74, 6) is -0.845. The van der Waals surface area contributed by atoms with Crippen LogP contribution >= 0.6 is 0 Å². The van der Waals surface area contributed by atoms with Crippen LogP contribution in [0.15, 0.2) is 54.1 Å². The van der Waals surface area contributed by atoms with Gasteiger partial charge in [-0.05, 0) is 18.4 Å². The summed E-state index contributed by atoms with van der Waals surface area (Å²) in [6.45, 7) is 5.96. The summed E-state index contributed by atoms with van der Waals surface area (Å²) in [6.07, 6.45) is 4.15. The molecule has 28 heavy (non-hydrogen) atoms. The number of aliphatic hydroxyl groups is 1. The molecule has 2 amide bonds. The third-order valence-corrected chi connectivity index (χ3v) is 4.49. The Hall–Kier alpha value is -3.22. The molecular formula is C21H24N4O3. The van der Waals surface area contributed by atoms with Crippen LogP contribution in [0.2, 0.25) is 0 Å². The molecule has 7 nitrogen and oxygen atoms in total. The third kappa shape index (κ3) is 4.36. The molecule has 2 aromatic rings. The normalized spacial score (nSPS) is 16.8. The van der Waals surface area contributed by atoms with Gasteiger partial charge in [0.1, 0.15) is 17.2 Å². The number of hydrogen-bond donors (Lipinski definition) is 3. The molecule has 0 spiro atoms. The maximum Gasteiger partial charge on any atom is 0.264 e. The van der Waals surface area contributed by atoms with Crippen LogP contribution in [0.5, 0.6) is 0 Å². The quantitative estimate of drug-likeness (QED) is 0.692. The number of carbonyl (C=O) groups excluding carboxylic acids is 2. The highest BCUT2D eigenvalue weighted by atomic mass is 16.3. The van der Waals surface area contributed by atoms with Gasteiger partial charge >= 0.3 is 0 Å². The number of amides is 2. The predicted octanol–water partition coefficient (Wildman–Crippen LogP) is 2.66. The van der Waals surface area contributed by atoms with Crippen LogP contribution in [-0.2, 0) is 21.4 Å². The largest absolute Gasteiger partial charge is 0.509 e. The summed E-state index contributed by atoms with van der Waals surface area (Å²) >= 11 is 0. The topological polar surface area (TPSA) is 104 Å². The van der Waals surface area contributed by atoms with Gasteiger partial charge in [0.2, 0.25) is 0 Å². The van der Waals surface area contributed by atoms with Crippen LogP contribution in [-0.4, -0.2) is 32.9 Å². The molecule has 0 bridgehead atoms. The van der Waals surface area contributed by atoms with Gasteiger partial charge in [-0.1, -0.05) is 51.1 Å². The van der Waals surface area contributed by atoms with Crippen LogP contribution in [0.4, 0.5) is 5.69 Å². The zero-order valence-corrected chi connectivity index (χ0v) is 16.2. The Morgan fingerprint density at radius 1 is 1.18 bits per heavy atom. The van der Waals surface area contributed by atoms with E-state index in [2.05, 4.69) is 20.6 Å². The molecule has 1 unspecified atom stereocenters. The number of nitrogens with one attached hydrogen (secondary N) is 2. The average Bonchev–Trinajstić information content (AvgIpc) is 2.94. The van der Waals surface area contributed by atoms with E-state index in [-0.39, 0.29) is 16.7 Å². The van der Waals surface area contributed by atoms with Crippen LogP contribution < -0.4 is 10.6 Å². The van der Waals surface area contributed by atoms with Crippen molar-refractivity contribution in [2.45, 2.75) is 45.1 Å². The predicted molar refractivity (Wildman–Crippen MR) is 106 cm³/mol. The van der Waals surface area contributed by atoms with Crippen LogP contribution in [0.25, 0.3) is 0 Å². The number of anilines is 1. The van der Waals surface area contributed by atoms with Crippen molar-refractivity contribution < 1.29 is 14.7 Å². The van der Waals surface area contributed by atoms with E-state index in [1.807, 2.05) is 51.1 Å². The summed E-state index contributed by atoms with van der Waals surface area (Å²) in [6, 6.07) is 9.18. The Balaban J connectivity index is 1.68. The molecule has 0 aliphatic carbocycles. The Labute approximate surface area is 163 Å². The fourth-order valence-electron chi connectivity index (χ4n) is 2.95. The van der Waals surface area contributed by atoms with Crippen molar-refractivity contribution in [2.75, 3.05) is 5.32 Å². The van der Waals surface area contributed by atoms with Gasteiger partial charge in [-0.25, -0.2) is 9.97 Å². The number of aliphatic hydroxyl groups excluding tert-OH is 1. The molecular weight excluding hydrogens is 356 g/mol. The Kier molecular flexibility index (Phi) is 5.44. The zero-order chi connectivity index (χ0) is 20.3. The molecule has 0 fully saturated rings. The van der Waals surface area contributed by atoms with Gasteiger partial charge in [0.25, 0.3) is 11.8 Å². The van der Waals surface area contributed by atoms with Crippen molar-refractivity contribution in [3.63, 3.8) is 0 Å². The smallest absolute Gasteiger partial charge is 0.264 e. The highest BCUT2D eigenvalue weighted by molar-refractivity contribution is 6.24. The highest BCUT2D eigenvalue weighted by Crippen LogP contribution is 2.22. The van der Waals surface area contributed by atoms with Gasteiger partial charge in [-0.15, -0.1) is 0 Å². The first-order chi connectivity index (χ1) is 13.3. The molecule has 7 heteroatoms. The molecule has 146 valence electrons. The molecule has 1 aromatic carbocycles. The van der Waals surface area contributed by atoms with E-state index in [1.54, 1.807) is 0 Å². The molecule has 1 aromatic heterocycles. The highest BCUT2D eigenvalue weighted by Gasteiger charge is 2.35. The fraction of sp³-hybridized carbons (Fsp3) is 0.333. The standard InChI is InChI=1S/C21H24N4O3/c1-21(2,3)20-22-11-14(12-23-20)24-18(27)16-17(26)15(25-19(16)28)10-9-13-7-5-4-6-8-13/h4-8,11-12,15,26H,9-10H2,1-3H3,(H,24,27)(H,25,28).